The summed E-state index contributed by atoms with van der Waals surface area (Å²) in [5, 5.41) is 7.17. The molecule has 0 unspecified atom stereocenters. The average molecular weight is 378 g/mol. The largest absolute Gasteiger partial charge is 0.467 e. The molecule has 1 aliphatic rings. The first-order valence-corrected chi connectivity index (χ1v) is 8.75. The average Bonchev–Trinajstić information content (AvgIpc) is 2.65. The molecule has 1 heterocycles. The van der Waals surface area contributed by atoms with Gasteiger partial charge >= 0.3 is 0 Å². The fraction of sp³-hybridized carbons (Fsp3) is 0.316. The molecule has 3 rings (SSSR count). The number of fused-ring (bicyclic) bond motifs is 1. The molecule has 0 saturated heterocycles. The molecule has 2 aromatic carbocycles. The number of benzene rings is 2. The quantitative estimate of drug-likeness (QED) is 0.620. The van der Waals surface area contributed by atoms with E-state index in [1.165, 1.54) is 12.1 Å². The summed E-state index contributed by atoms with van der Waals surface area (Å²) in [6.07, 6.45) is 0.774. The molecule has 2 N–H and O–H groups in total. The number of ether oxygens (including phenoxy) is 2. The van der Waals surface area contributed by atoms with Crippen molar-refractivity contribution in [3.05, 3.63) is 63.9 Å². The maximum atomic E-state index is 13.8. The van der Waals surface area contributed by atoms with Gasteiger partial charge < -0.3 is 20.1 Å². The summed E-state index contributed by atoms with van der Waals surface area (Å²) < 4.78 is 24.5. The smallest absolute Gasteiger partial charge is 0.191 e. The van der Waals surface area contributed by atoms with Crippen LogP contribution < -0.4 is 15.4 Å². The van der Waals surface area contributed by atoms with Crippen molar-refractivity contribution in [3.8, 4) is 5.75 Å². The van der Waals surface area contributed by atoms with Crippen LogP contribution in [0, 0.1) is 5.82 Å². The highest BCUT2D eigenvalue weighted by atomic mass is 35.5. The van der Waals surface area contributed by atoms with E-state index in [1.54, 1.807) is 7.05 Å². The number of hydrogen-bond donors (Lipinski definition) is 2. The molecular formula is C19H21ClFN3O2. The van der Waals surface area contributed by atoms with Crippen LogP contribution in [-0.4, -0.2) is 26.3 Å². The summed E-state index contributed by atoms with van der Waals surface area (Å²) in [6, 6.07) is 10.7. The third-order valence-electron chi connectivity index (χ3n) is 4.07. The molecule has 0 atom stereocenters. The van der Waals surface area contributed by atoms with Crippen LogP contribution in [0.4, 0.5) is 4.39 Å². The molecule has 0 aromatic heterocycles. The van der Waals surface area contributed by atoms with E-state index in [2.05, 4.69) is 15.6 Å². The van der Waals surface area contributed by atoms with Crippen LogP contribution in [0.3, 0.4) is 0 Å². The summed E-state index contributed by atoms with van der Waals surface area (Å²) in [6.45, 7) is 1.60. The predicted octanol–water partition coefficient (Wildman–Crippen LogP) is 3.25. The van der Waals surface area contributed by atoms with Gasteiger partial charge in [0.15, 0.2) is 12.8 Å². The van der Waals surface area contributed by atoms with E-state index >= 15 is 0 Å². The predicted molar refractivity (Wildman–Crippen MR) is 100 cm³/mol. The Morgan fingerprint density at radius 2 is 2.08 bits per heavy atom. The monoisotopic (exact) mass is 377 g/mol. The van der Waals surface area contributed by atoms with Crippen LogP contribution in [0.1, 0.15) is 16.7 Å². The van der Waals surface area contributed by atoms with Crippen LogP contribution in [0.15, 0.2) is 41.4 Å². The maximum Gasteiger partial charge on any atom is 0.191 e. The van der Waals surface area contributed by atoms with Crippen molar-refractivity contribution in [2.24, 2.45) is 4.99 Å². The number of guanidine groups is 1. The number of halogens is 2. The van der Waals surface area contributed by atoms with Gasteiger partial charge in [-0.05, 0) is 30.2 Å². The van der Waals surface area contributed by atoms with Gasteiger partial charge in [-0.25, -0.2) is 4.39 Å². The highest BCUT2D eigenvalue weighted by molar-refractivity contribution is 6.31. The van der Waals surface area contributed by atoms with Crippen LogP contribution in [0.2, 0.25) is 5.02 Å². The van der Waals surface area contributed by atoms with Crippen molar-refractivity contribution < 1.29 is 13.9 Å². The van der Waals surface area contributed by atoms with E-state index in [0.717, 1.165) is 28.1 Å². The lowest BCUT2D eigenvalue weighted by Gasteiger charge is -2.21. The van der Waals surface area contributed by atoms with E-state index in [9.17, 15) is 4.39 Å². The molecule has 0 fully saturated rings. The Labute approximate surface area is 157 Å². The van der Waals surface area contributed by atoms with Crippen LogP contribution in [-0.2, 0) is 24.3 Å². The van der Waals surface area contributed by atoms with Crippen molar-refractivity contribution in [1.82, 2.24) is 10.6 Å². The van der Waals surface area contributed by atoms with Gasteiger partial charge in [0, 0.05) is 36.3 Å². The van der Waals surface area contributed by atoms with Crippen molar-refractivity contribution in [2.75, 3.05) is 20.4 Å². The molecule has 26 heavy (non-hydrogen) atoms. The molecule has 0 aliphatic carbocycles. The Morgan fingerprint density at radius 3 is 2.88 bits per heavy atom. The first-order chi connectivity index (χ1) is 12.7. The van der Waals surface area contributed by atoms with Crippen molar-refractivity contribution >= 4 is 17.6 Å². The fourth-order valence-corrected chi connectivity index (χ4v) is 3.03. The number of hydrogen-bond acceptors (Lipinski definition) is 3. The summed E-state index contributed by atoms with van der Waals surface area (Å²) in [7, 11) is 1.69. The highest BCUT2D eigenvalue weighted by Crippen LogP contribution is 2.29. The summed E-state index contributed by atoms with van der Waals surface area (Å²) in [5.74, 6) is 0.995. The van der Waals surface area contributed by atoms with Gasteiger partial charge in [0.25, 0.3) is 0 Å². The molecule has 0 amide bonds. The molecule has 0 radical (unpaired) electrons. The highest BCUT2D eigenvalue weighted by Gasteiger charge is 2.17. The van der Waals surface area contributed by atoms with Gasteiger partial charge in [-0.1, -0.05) is 29.8 Å². The molecule has 0 saturated carbocycles. The molecule has 5 nitrogen and oxygen atoms in total. The Balaban J connectivity index is 1.56. The Bertz CT molecular complexity index is 798. The van der Waals surface area contributed by atoms with Crippen LogP contribution >= 0.6 is 11.6 Å². The summed E-state index contributed by atoms with van der Waals surface area (Å²) >= 11 is 6.16. The number of aliphatic imine (C=N–C) groups is 1. The maximum absolute atomic E-state index is 13.8. The normalized spacial score (nSPS) is 13.7. The first kappa shape index (κ1) is 18.5. The molecular weight excluding hydrogens is 357 g/mol. The molecule has 2 aromatic rings. The van der Waals surface area contributed by atoms with Gasteiger partial charge in [-0.3, -0.25) is 4.99 Å². The van der Waals surface area contributed by atoms with Gasteiger partial charge in [-0.2, -0.15) is 0 Å². The summed E-state index contributed by atoms with van der Waals surface area (Å²) in [5.41, 5.74) is 2.52. The van der Waals surface area contributed by atoms with Crippen molar-refractivity contribution in [3.63, 3.8) is 0 Å². The zero-order valence-corrected chi connectivity index (χ0v) is 15.3. The third kappa shape index (κ3) is 4.65. The van der Waals surface area contributed by atoms with E-state index in [-0.39, 0.29) is 12.6 Å². The minimum Gasteiger partial charge on any atom is -0.467 e. The minimum atomic E-state index is -0.309. The Morgan fingerprint density at radius 1 is 1.23 bits per heavy atom. The SMILES string of the molecule is CN=C(NCCc1ccccc1Cl)NCc1cc(F)cc2c1OCOC2. The lowest BCUT2D eigenvalue weighted by Crippen LogP contribution is -2.38. The van der Waals surface area contributed by atoms with Crippen LogP contribution in [0.5, 0.6) is 5.75 Å². The van der Waals surface area contributed by atoms with E-state index in [1.807, 2.05) is 24.3 Å². The second kappa shape index (κ2) is 8.87. The topological polar surface area (TPSA) is 54.9 Å². The summed E-state index contributed by atoms with van der Waals surface area (Å²) in [4.78, 5) is 4.19. The standard InChI is InChI=1S/C19H21ClFN3O2/c1-22-19(23-7-6-13-4-2-3-5-17(13)20)24-10-14-8-16(21)9-15-11-25-12-26-18(14)15/h2-5,8-9H,6-7,10-12H2,1H3,(H2,22,23,24). The molecule has 0 spiro atoms. The minimum absolute atomic E-state index is 0.177. The lowest BCUT2D eigenvalue weighted by atomic mass is 10.1. The number of rotatable bonds is 5. The number of nitrogens with one attached hydrogen (secondary N) is 2. The van der Waals surface area contributed by atoms with E-state index in [0.29, 0.717) is 31.4 Å². The van der Waals surface area contributed by atoms with Gasteiger partial charge in [-0.15, -0.1) is 0 Å². The molecule has 0 bridgehead atoms. The van der Waals surface area contributed by atoms with Gasteiger partial charge in [0.2, 0.25) is 0 Å². The fourth-order valence-electron chi connectivity index (χ4n) is 2.80. The molecule has 7 heteroatoms. The van der Waals surface area contributed by atoms with Crippen molar-refractivity contribution in [1.29, 1.82) is 0 Å². The zero-order chi connectivity index (χ0) is 18.4. The van der Waals surface area contributed by atoms with Gasteiger partial charge in [0.1, 0.15) is 11.6 Å². The Kier molecular flexibility index (Phi) is 6.30. The van der Waals surface area contributed by atoms with E-state index < -0.39 is 0 Å². The first-order valence-electron chi connectivity index (χ1n) is 8.37. The lowest BCUT2D eigenvalue weighted by molar-refractivity contribution is -0.0172. The molecule has 138 valence electrons. The van der Waals surface area contributed by atoms with Crippen molar-refractivity contribution in [2.45, 2.75) is 19.6 Å². The zero-order valence-electron chi connectivity index (χ0n) is 14.5. The Hall–Kier alpha value is -2.31. The molecule has 1 aliphatic heterocycles. The second-order valence-corrected chi connectivity index (χ2v) is 6.26. The number of nitrogens with zero attached hydrogens (tertiary/aromatic N) is 1. The second-order valence-electron chi connectivity index (χ2n) is 5.86. The van der Waals surface area contributed by atoms with Crippen LogP contribution in [0.25, 0.3) is 0 Å². The van der Waals surface area contributed by atoms with E-state index in [4.69, 9.17) is 21.1 Å². The van der Waals surface area contributed by atoms with Gasteiger partial charge in [0.05, 0.1) is 6.61 Å². The third-order valence-corrected chi connectivity index (χ3v) is 4.43.